The number of hydrogen-bond acceptors (Lipinski definition) is 6. The van der Waals surface area contributed by atoms with Crippen LogP contribution in [-0.4, -0.2) is 69.9 Å². The summed E-state index contributed by atoms with van der Waals surface area (Å²) in [6.07, 6.45) is 4.94. The molecule has 0 bridgehead atoms. The van der Waals surface area contributed by atoms with Crippen molar-refractivity contribution in [1.82, 2.24) is 24.6 Å². The van der Waals surface area contributed by atoms with Gasteiger partial charge in [0.05, 0.1) is 30.8 Å². The van der Waals surface area contributed by atoms with Crippen LogP contribution in [0, 0.1) is 6.07 Å². The molecule has 2 aliphatic rings. The number of amides is 1. The SMILES string of the molecule is C=CC(=O)N1CCC(n2ncc3c(N4CCOCC4)nc(-c4cc[c]cc4)nc32)CC1. The smallest absolute Gasteiger partial charge is 0.245 e. The second kappa shape index (κ2) is 8.47. The van der Waals surface area contributed by atoms with Gasteiger partial charge in [-0.05, 0) is 25.0 Å². The number of fused-ring (bicyclic) bond motifs is 1. The number of piperidine rings is 1. The quantitative estimate of drug-likeness (QED) is 0.607. The zero-order chi connectivity index (χ0) is 21.2. The molecular formula is C23H25N6O2. The highest BCUT2D eigenvalue weighted by molar-refractivity contribution is 5.89. The maximum Gasteiger partial charge on any atom is 0.245 e. The molecule has 2 aromatic heterocycles. The number of hydrogen-bond donors (Lipinski definition) is 0. The average Bonchev–Trinajstić information content (AvgIpc) is 3.28. The summed E-state index contributed by atoms with van der Waals surface area (Å²) in [5, 5.41) is 5.68. The molecule has 8 heteroatoms. The topological polar surface area (TPSA) is 76.4 Å². The van der Waals surface area contributed by atoms with Crippen LogP contribution in [-0.2, 0) is 9.53 Å². The van der Waals surface area contributed by atoms with Crippen LogP contribution in [0.4, 0.5) is 5.82 Å². The lowest BCUT2D eigenvalue weighted by molar-refractivity contribution is -0.127. The van der Waals surface area contributed by atoms with E-state index in [1.54, 1.807) is 0 Å². The van der Waals surface area contributed by atoms with Crippen molar-refractivity contribution >= 4 is 22.8 Å². The van der Waals surface area contributed by atoms with Gasteiger partial charge in [-0.25, -0.2) is 14.6 Å². The Kier molecular flexibility index (Phi) is 5.38. The molecule has 4 heterocycles. The van der Waals surface area contributed by atoms with Crippen molar-refractivity contribution < 1.29 is 9.53 Å². The van der Waals surface area contributed by atoms with E-state index in [9.17, 15) is 4.79 Å². The summed E-state index contributed by atoms with van der Waals surface area (Å²) in [5.74, 6) is 1.58. The van der Waals surface area contributed by atoms with E-state index >= 15 is 0 Å². The minimum Gasteiger partial charge on any atom is -0.378 e. The van der Waals surface area contributed by atoms with Gasteiger partial charge in [-0.15, -0.1) is 0 Å². The minimum absolute atomic E-state index is 0.0103. The molecule has 1 radical (unpaired) electrons. The molecular weight excluding hydrogens is 392 g/mol. The van der Waals surface area contributed by atoms with Gasteiger partial charge in [-0.2, -0.15) is 5.10 Å². The molecule has 3 aromatic rings. The molecule has 2 aliphatic heterocycles. The fraction of sp³-hybridized carbons (Fsp3) is 0.391. The van der Waals surface area contributed by atoms with Gasteiger partial charge in [0.1, 0.15) is 5.82 Å². The summed E-state index contributed by atoms with van der Waals surface area (Å²) < 4.78 is 7.56. The molecule has 1 amide bonds. The van der Waals surface area contributed by atoms with E-state index in [2.05, 4.69) is 17.5 Å². The molecule has 159 valence electrons. The Bertz CT molecular complexity index is 1080. The van der Waals surface area contributed by atoms with Crippen molar-refractivity contribution in [1.29, 1.82) is 0 Å². The number of aromatic nitrogens is 4. The molecule has 0 saturated carbocycles. The minimum atomic E-state index is -0.0103. The number of rotatable bonds is 4. The van der Waals surface area contributed by atoms with Crippen LogP contribution in [0.25, 0.3) is 22.4 Å². The van der Waals surface area contributed by atoms with Gasteiger partial charge in [0, 0.05) is 31.7 Å². The highest BCUT2D eigenvalue weighted by atomic mass is 16.5. The molecule has 2 saturated heterocycles. The second-order valence-electron chi connectivity index (χ2n) is 7.85. The summed E-state index contributed by atoms with van der Waals surface area (Å²) in [5.41, 5.74) is 1.79. The molecule has 8 nitrogen and oxygen atoms in total. The van der Waals surface area contributed by atoms with Crippen LogP contribution in [0.1, 0.15) is 18.9 Å². The molecule has 2 fully saturated rings. The highest BCUT2D eigenvalue weighted by Crippen LogP contribution is 2.32. The summed E-state index contributed by atoms with van der Waals surface area (Å²) in [7, 11) is 0. The number of morpholine rings is 1. The third-order valence-corrected chi connectivity index (χ3v) is 6.02. The van der Waals surface area contributed by atoms with Gasteiger partial charge in [0.15, 0.2) is 11.5 Å². The second-order valence-corrected chi connectivity index (χ2v) is 7.85. The van der Waals surface area contributed by atoms with Crippen molar-refractivity contribution in [2.45, 2.75) is 18.9 Å². The van der Waals surface area contributed by atoms with Crippen molar-refractivity contribution in [2.24, 2.45) is 0 Å². The third-order valence-electron chi connectivity index (χ3n) is 6.02. The van der Waals surface area contributed by atoms with Gasteiger partial charge >= 0.3 is 0 Å². The molecule has 0 atom stereocenters. The monoisotopic (exact) mass is 417 g/mol. The number of likely N-dealkylation sites (tertiary alicyclic amines) is 1. The number of carbonyl (C=O) groups is 1. The number of nitrogens with zero attached hydrogens (tertiary/aromatic N) is 6. The molecule has 0 spiro atoms. The van der Waals surface area contributed by atoms with Gasteiger partial charge in [-0.3, -0.25) is 4.79 Å². The first kappa shape index (κ1) is 19.7. The number of anilines is 1. The van der Waals surface area contributed by atoms with E-state index < -0.39 is 0 Å². The first-order valence-corrected chi connectivity index (χ1v) is 10.7. The maximum absolute atomic E-state index is 11.9. The van der Waals surface area contributed by atoms with E-state index in [1.165, 1.54) is 6.08 Å². The first-order valence-electron chi connectivity index (χ1n) is 10.7. The largest absolute Gasteiger partial charge is 0.378 e. The number of carbonyl (C=O) groups excluding carboxylic acids is 1. The van der Waals surface area contributed by atoms with Gasteiger partial charge in [0.2, 0.25) is 5.91 Å². The Balaban J connectivity index is 1.54. The van der Waals surface area contributed by atoms with Crippen LogP contribution in [0.15, 0.2) is 43.1 Å². The Hall–Kier alpha value is -3.26. The lowest BCUT2D eigenvalue weighted by Gasteiger charge is -2.31. The summed E-state index contributed by atoms with van der Waals surface area (Å²) >= 11 is 0. The van der Waals surface area contributed by atoms with Crippen LogP contribution >= 0.6 is 0 Å². The molecule has 31 heavy (non-hydrogen) atoms. The number of ether oxygens (including phenoxy) is 1. The fourth-order valence-electron chi connectivity index (χ4n) is 4.32. The molecule has 0 N–H and O–H groups in total. The van der Waals surface area contributed by atoms with Gasteiger partial charge < -0.3 is 14.5 Å². The predicted octanol–water partition coefficient (Wildman–Crippen LogP) is 2.48. The molecule has 1 aromatic carbocycles. The van der Waals surface area contributed by atoms with Crippen molar-refractivity contribution in [3.05, 3.63) is 49.2 Å². The fourth-order valence-corrected chi connectivity index (χ4v) is 4.32. The van der Waals surface area contributed by atoms with E-state index in [0.717, 1.165) is 48.3 Å². The van der Waals surface area contributed by atoms with Crippen molar-refractivity contribution in [3.63, 3.8) is 0 Å². The van der Waals surface area contributed by atoms with E-state index in [1.807, 2.05) is 40.0 Å². The summed E-state index contributed by atoms with van der Waals surface area (Å²) in [4.78, 5) is 25.9. The zero-order valence-electron chi connectivity index (χ0n) is 17.4. The molecule has 5 rings (SSSR count). The Morgan fingerprint density at radius 1 is 1.13 bits per heavy atom. The maximum atomic E-state index is 11.9. The zero-order valence-corrected chi connectivity index (χ0v) is 17.4. The Morgan fingerprint density at radius 3 is 2.58 bits per heavy atom. The Labute approximate surface area is 181 Å². The average molecular weight is 417 g/mol. The van der Waals surface area contributed by atoms with Crippen LogP contribution in [0.3, 0.4) is 0 Å². The lowest BCUT2D eigenvalue weighted by Crippen LogP contribution is -2.38. The van der Waals surface area contributed by atoms with Gasteiger partial charge in [-0.1, -0.05) is 30.8 Å². The van der Waals surface area contributed by atoms with Crippen molar-refractivity contribution in [3.8, 4) is 11.4 Å². The normalized spacial score (nSPS) is 17.8. The number of benzene rings is 1. The van der Waals surface area contributed by atoms with Gasteiger partial charge in [0.25, 0.3) is 0 Å². The van der Waals surface area contributed by atoms with E-state index in [0.29, 0.717) is 32.1 Å². The van der Waals surface area contributed by atoms with Crippen LogP contribution in [0.5, 0.6) is 0 Å². The summed E-state index contributed by atoms with van der Waals surface area (Å²) in [6.45, 7) is 7.94. The predicted molar refractivity (Wildman–Crippen MR) is 118 cm³/mol. The van der Waals surface area contributed by atoms with Crippen molar-refractivity contribution in [2.75, 3.05) is 44.3 Å². The van der Waals surface area contributed by atoms with Crippen LogP contribution < -0.4 is 4.90 Å². The van der Waals surface area contributed by atoms with E-state index in [4.69, 9.17) is 19.8 Å². The third kappa shape index (κ3) is 3.79. The molecule has 0 unspecified atom stereocenters. The standard InChI is InChI=1S/C23H25N6O2/c1-2-20(30)27-10-8-18(9-11-27)29-23-19(16-24-29)22(28-12-14-31-15-13-28)25-21(26-23)17-6-4-3-5-7-17/h2,4-7,16,18H,1,8-15H2. The highest BCUT2D eigenvalue weighted by Gasteiger charge is 2.27. The lowest BCUT2D eigenvalue weighted by atomic mass is 10.1. The first-order chi connectivity index (χ1) is 15.2. The van der Waals surface area contributed by atoms with E-state index in [-0.39, 0.29) is 11.9 Å². The summed E-state index contributed by atoms with van der Waals surface area (Å²) in [6, 6.07) is 10.9. The van der Waals surface area contributed by atoms with Crippen LogP contribution in [0.2, 0.25) is 0 Å². The molecule has 0 aliphatic carbocycles. The Morgan fingerprint density at radius 2 is 1.87 bits per heavy atom.